The molecular weight excluding hydrogens is 253 g/mol. The third-order valence-electron chi connectivity index (χ3n) is 1.77. The van der Waals surface area contributed by atoms with Gasteiger partial charge in [0.05, 0.1) is 6.16 Å². The minimum atomic E-state index is -4.06. The average molecular weight is 266 g/mol. The predicted octanol–water partition coefficient (Wildman–Crippen LogP) is -0.479. The molecule has 0 aliphatic heterocycles. The Morgan fingerprint density at radius 3 is 2.19 bits per heavy atom. The monoisotopic (exact) mass is 266 g/mol. The second-order valence-corrected chi connectivity index (χ2v) is 4.70. The molecule has 4 N–H and O–H groups in total. The van der Waals surface area contributed by atoms with Gasteiger partial charge in [-0.2, -0.15) is 0 Å². The molecular formula is C8H13Na2O5P. The van der Waals surface area contributed by atoms with Crippen molar-refractivity contribution in [3.05, 3.63) is 23.8 Å². The van der Waals surface area contributed by atoms with E-state index in [1.807, 2.05) is 0 Å². The van der Waals surface area contributed by atoms with E-state index in [1.165, 1.54) is 18.2 Å². The first-order valence-corrected chi connectivity index (χ1v) is 5.74. The van der Waals surface area contributed by atoms with Crippen LogP contribution in [0.2, 0.25) is 0 Å². The molecule has 0 aromatic heterocycles. The van der Waals surface area contributed by atoms with E-state index in [-0.39, 0.29) is 83.2 Å². The Morgan fingerprint density at radius 2 is 1.69 bits per heavy atom. The summed E-state index contributed by atoms with van der Waals surface area (Å²) in [4.78, 5) is 17.2. The van der Waals surface area contributed by atoms with E-state index in [0.29, 0.717) is 5.56 Å². The molecule has 1 rings (SSSR count). The van der Waals surface area contributed by atoms with Gasteiger partial charge in [-0.25, -0.2) is 0 Å². The van der Waals surface area contributed by atoms with Crippen molar-refractivity contribution in [1.29, 1.82) is 0 Å². The molecule has 0 bridgehead atoms. The van der Waals surface area contributed by atoms with Gasteiger partial charge in [-0.05, 0) is 18.1 Å². The van der Waals surface area contributed by atoms with Crippen LogP contribution in [0.5, 0.6) is 11.5 Å². The molecule has 82 valence electrons. The van der Waals surface area contributed by atoms with Crippen molar-refractivity contribution in [2.45, 2.75) is 6.42 Å². The van der Waals surface area contributed by atoms with E-state index in [4.69, 9.17) is 14.9 Å². The molecule has 0 amide bonds. The fourth-order valence-electron chi connectivity index (χ4n) is 1.05. The van der Waals surface area contributed by atoms with Gasteiger partial charge in [0.1, 0.15) is 0 Å². The van der Waals surface area contributed by atoms with Crippen LogP contribution in [0.25, 0.3) is 0 Å². The van der Waals surface area contributed by atoms with Gasteiger partial charge in [0, 0.05) is 0 Å². The molecule has 0 saturated heterocycles. The van der Waals surface area contributed by atoms with Crippen molar-refractivity contribution < 1.29 is 24.6 Å². The van der Waals surface area contributed by atoms with Gasteiger partial charge in [0.2, 0.25) is 0 Å². The Hall–Kier alpha value is 0.970. The number of rotatable bonds is 3. The van der Waals surface area contributed by atoms with Crippen LogP contribution in [-0.2, 0) is 11.0 Å². The maximum atomic E-state index is 10.6. The van der Waals surface area contributed by atoms with Gasteiger partial charge < -0.3 is 20.0 Å². The summed E-state index contributed by atoms with van der Waals surface area (Å²) in [6.07, 6.45) is -0.311. The first-order valence-electron chi connectivity index (χ1n) is 3.94. The molecule has 1 aromatic rings. The van der Waals surface area contributed by atoms with Crippen LogP contribution in [0.15, 0.2) is 18.2 Å². The molecule has 8 heteroatoms. The Morgan fingerprint density at radius 1 is 1.12 bits per heavy atom. The standard InChI is InChI=1S/C8H11O5P.2Na.2H/c9-7-3-1-2-6(8(7)10)4-5-14(11,12)13;;;;/h1-3,9-10H,4-5H2,(H2,11,12,13);;;;. The molecule has 0 heterocycles. The third-order valence-corrected chi connectivity index (χ3v) is 2.58. The first-order chi connectivity index (χ1) is 6.40. The number of hydrogen-bond acceptors (Lipinski definition) is 3. The molecule has 0 aliphatic carbocycles. The number of phenols is 2. The normalized spacial score (nSPS) is 10.1. The van der Waals surface area contributed by atoms with E-state index in [1.54, 1.807) is 0 Å². The summed E-state index contributed by atoms with van der Waals surface area (Å²) in [6, 6.07) is 4.31. The minimum absolute atomic E-state index is 0. The Balaban J connectivity index is 0. The van der Waals surface area contributed by atoms with Gasteiger partial charge >= 0.3 is 66.7 Å². The van der Waals surface area contributed by atoms with Crippen molar-refractivity contribution in [2.75, 3.05) is 6.16 Å². The molecule has 1 aromatic carbocycles. The van der Waals surface area contributed by atoms with Crippen molar-refractivity contribution in [1.82, 2.24) is 0 Å². The summed E-state index contributed by atoms with van der Waals surface area (Å²) in [5.41, 5.74) is 0.327. The van der Waals surface area contributed by atoms with Crippen LogP contribution in [0.3, 0.4) is 0 Å². The molecule has 0 saturated carbocycles. The van der Waals surface area contributed by atoms with Crippen LogP contribution in [0.4, 0.5) is 0 Å². The molecule has 0 aliphatic rings. The summed E-state index contributed by atoms with van der Waals surface area (Å²) in [5, 5.41) is 18.4. The van der Waals surface area contributed by atoms with E-state index >= 15 is 0 Å². The Bertz CT molecular complexity index is 379. The van der Waals surface area contributed by atoms with Crippen molar-refractivity contribution in [2.24, 2.45) is 0 Å². The quantitative estimate of drug-likeness (QED) is 0.336. The number of para-hydroxylation sites is 1. The van der Waals surface area contributed by atoms with Crippen molar-refractivity contribution >= 4 is 66.7 Å². The number of aryl methyl sites for hydroxylation is 1. The summed E-state index contributed by atoms with van der Waals surface area (Å²) < 4.78 is 10.6. The molecule has 0 atom stereocenters. The van der Waals surface area contributed by atoms with Gasteiger partial charge in [-0.15, -0.1) is 0 Å². The van der Waals surface area contributed by atoms with E-state index in [9.17, 15) is 9.67 Å². The summed E-state index contributed by atoms with van der Waals surface area (Å²) in [6.45, 7) is 0. The molecule has 0 unspecified atom stereocenters. The number of phenolic OH excluding ortho intramolecular Hbond substituents is 2. The summed E-state index contributed by atoms with van der Waals surface area (Å²) in [7, 11) is -4.06. The second-order valence-electron chi connectivity index (χ2n) is 2.92. The zero-order chi connectivity index (χ0) is 10.8. The van der Waals surface area contributed by atoms with Gasteiger partial charge in [0.25, 0.3) is 0 Å². The SMILES string of the molecule is O=P(O)(O)CCc1cccc(O)c1O.[NaH].[NaH]. The Labute approximate surface area is 138 Å². The molecule has 0 spiro atoms. The van der Waals surface area contributed by atoms with Gasteiger partial charge in [0.15, 0.2) is 11.5 Å². The third kappa shape index (κ3) is 6.64. The zero-order valence-electron chi connectivity index (χ0n) is 7.29. The van der Waals surface area contributed by atoms with Crippen LogP contribution in [0.1, 0.15) is 5.56 Å². The fraction of sp³-hybridized carbons (Fsp3) is 0.250. The molecule has 5 nitrogen and oxygen atoms in total. The van der Waals surface area contributed by atoms with Crippen molar-refractivity contribution in [3.63, 3.8) is 0 Å². The fourth-order valence-corrected chi connectivity index (χ4v) is 1.58. The van der Waals surface area contributed by atoms with Crippen LogP contribution < -0.4 is 0 Å². The maximum absolute atomic E-state index is 10.6. The predicted molar refractivity (Wildman–Crippen MR) is 64.7 cm³/mol. The van der Waals surface area contributed by atoms with Crippen molar-refractivity contribution in [3.8, 4) is 11.5 Å². The van der Waals surface area contributed by atoms with Crippen LogP contribution in [-0.4, -0.2) is 85.3 Å². The number of benzene rings is 1. The number of aromatic hydroxyl groups is 2. The summed E-state index contributed by atoms with van der Waals surface area (Å²) >= 11 is 0. The first kappa shape index (κ1) is 19.3. The summed E-state index contributed by atoms with van der Waals surface area (Å²) in [5.74, 6) is -0.603. The van der Waals surface area contributed by atoms with E-state index in [2.05, 4.69) is 0 Å². The topological polar surface area (TPSA) is 98.0 Å². The zero-order valence-corrected chi connectivity index (χ0v) is 8.19. The second kappa shape index (κ2) is 8.14. The average Bonchev–Trinajstić information content (AvgIpc) is 2.06. The van der Waals surface area contributed by atoms with Crippen LogP contribution >= 0.6 is 7.60 Å². The molecule has 16 heavy (non-hydrogen) atoms. The molecule has 0 fully saturated rings. The van der Waals surface area contributed by atoms with E-state index in [0.717, 1.165) is 0 Å². The Kier molecular flexibility index (Phi) is 9.82. The molecule has 0 radical (unpaired) electrons. The van der Waals surface area contributed by atoms with E-state index < -0.39 is 7.60 Å². The van der Waals surface area contributed by atoms with Gasteiger partial charge in [-0.1, -0.05) is 12.1 Å². The van der Waals surface area contributed by atoms with Gasteiger partial charge in [-0.3, -0.25) is 4.57 Å². The van der Waals surface area contributed by atoms with Crippen LogP contribution in [0, 0.1) is 0 Å². The number of hydrogen-bond donors (Lipinski definition) is 4.